The number of aromatic amines is 1. The maximum Gasteiger partial charge on any atom is 0.124 e. The van der Waals surface area contributed by atoms with E-state index in [1.165, 1.54) is 6.20 Å². The van der Waals surface area contributed by atoms with E-state index in [0.29, 0.717) is 21.3 Å². The number of nitrogens with zero attached hydrogens (tertiary/aromatic N) is 2. The van der Waals surface area contributed by atoms with Gasteiger partial charge in [-0.1, -0.05) is 29.3 Å². The van der Waals surface area contributed by atoms with Crippen molar-refractivity contribution in [2.75, 3.05) is 0 Å². The standard InChI is InChI=1S/C9H7Cl2N3O/c10-6-2-1-5(3-7(6)11)9(15)8-4-12-14-13-8/h1-4,9,15H,(H,12,13,14). The summed E-state index contributed by atoms with van der Waals surface area (Å²) in [6, 6.07) is 4.92. The van der Waals surface area contributed by atoms with Gasteiger partial charge in [-0.25, -0.2) is 0 Å². The van der Waals surface area contributed by atoms with Gasteiger partial charge in [-0.3, -0.25) is 0 Å². The molecule has 2 aromatic rings. The number of benzene rings is 1. The molecule has 0 aliphatic heterocycles. The van der Waals surface area contributed by atoms with E-state index < -0.39 is 6.10 Å². The van der Waals surface area contributed by atoms with E-state index in [-0.39, 0.29) is 0 Å². The van der Waals surface area contributed by atoms with Crippen LogP contribution in [0.2, 0.25) is 10.0 Å². The molecule has 0 saturated heterocycles. The summed E-state index contributed by atoms with van der Waals surface area (Å²) >= 11 is 11.6. The summed E-state index contributed by atoms with van der Waals surface area (Å²) in [6.07, 6.45) is 0.603. The summed E-state index contributed by atoms with van der Waals surface area (Å²) in [5.74, 6) is 0. The van der Waals surface area contributed by atoms with Gasteiger partial charge in [-0.15, -0.1) is 0 Å². The molecule has 0 radical (unpaired) electrons. The fourth-order valence-electron chi connectivity index (χ4n) is 1.20. The van der Waals surface area contributed by atoms with Gasteiger partial charge in [-0.2, -0.15) is 15.4 Å². The summed E-state index contributed by atoms with van der Waals surface area (Å²) in [5, 5.41) is 20.5. The van der Waals surface area contributed by atoms with Crippen molar-refractivity contribution in [3.8, 4) is 0 Å². The highest BCUT2D eigenvalue weighted by Crippen LogP contribution is 2.27. The van der Waals surface area contributed by atoms with Crippen LogP contribution in [0.15, 0.2) is 24.4 Å². The van der Waals surface area contributed by atoms with Gasteiger partial charge >= 0.3 is 0 Å². The van der Waals surface area contributed by atoms with Crippen LogP contribution < -0.4 is 0 Å². The highest BCUT2D eigenvalue weighted by molar-refractivity contribution is 6.42. The number of H-pyrrole nitrogens is 1. The fourth-order valence-corrected chi connectivity index (χ4v) is 1.50. The summed E-state index contributed by atoms with van der Waals surface area (Å²) in [5.41, 5.74) is 1.06. The fraction of sp³-hybridized carbons (Fsp3) is 0.111. The number of halogens is 2. The second-order valence-electron chi connectivity index (χ2n) is 2.97. The Kier molecular flexibility index (Phi) is 2.90. The molecule has 1 atom stereocenters. The van der Waals surface area contributed by atoms with Crippen LogP contribution in [-0.4, -0.2) is 20.5 Å². The Hall–Kier alpha value is -1.10. The molecule has 0 spiro atoms. The number of rotatable bonds is 2. The molecule has 4 nitrogen and oxygen atoms in total. The van der Waals surface area contributed by atoms with Crippen molar-refractivity contribution in [1.29, 1.82) is 0 Å². The maximum atomic E-state index is 9.87. The average molecular weight is 244 g/mol. The van der Waals surface area contributed by atoms with Crippen LogP contribution in [0, 0.1) is 0 Å². The highest BCUT2D eigenvalue weighted by Gasteiger charge is 2.14. The quantitative estimate of drug-likeness (QED) is 0.851. The lowest BCUT2D eigenvalue weighted by Crippen LogP contribution is -2.00. The molecule has 15 heavy (non-hydrogen) atoms. The van der Waals surface area contributed by atoms with Gasteiger partial charge in [0.2, 0.25) is 0 Å². The topological polar surface area (TPSA) is 61.8 Å². The van der Waals surface area contributed by atoms with E-state index in [4.69, 9.17) is 23.2 Å². The monoisotopic (exact) mass is 243 g/mol. The van der Waals surface area contributed by atoms with Crippen molar-refractivity contribution in [2.24, 2.45) is 0 Å². The molecule has 6 heteroatoms. The molecule has 1 aromatic heterocycles. The lowest BCUT2D eigenvalue weighted by atomic mass is 10.1. The molecule has 1 heterocycles. The molecule has 0 amide bonds. The van der Waals surface area contributed by atoms with Gasteiger partial charge in [0.05, 0.1) is 16.2 Å². The number of hydrogen-bond donors (Lipinski definition) is 2. The van der Waals surface area contributed by atoms with Crippen molar-refractivity contribution in [2.45, 2.75) is 6.10 Å². The van der Waals surface area contributed by atoms with Crippen LogP contribution >= 0.6 is 23.2 Å². The van der Waals surface area contributed by atoms with Gasteiger partial charge < -0.3 is 5.11 Å². The molecule has 78 valence electrons. The van der Waals surface area contributed by atoms with Crippen molar-refractivity contribution in [3.63, 3.8) is 0 Å². The van der Waals surface area contributed by atoms with E-state index >= 15 is 0 Å². The zero-order valence-electron chi connectivity index (χ0n) is 7.48. The van der Waals surface area contributed by atoms with Crippen molar-refractivity contribution in [3.05, 3.63) is 45.7 Å². The smallest absolute Gasteiger partial charge is 0.124 e. The van der Waals surface area contributed by atoms with E-state index in [2.05, 4.69) is 15.4 Å². The van der Waals surface area contributed by atoms with Crippen LogP contribution in [-0.2, 0) is 0 Å². The lowest BCUT2D eigenvalue weighted by Gasteiger charge is -2.08. The minimum atomic E-state index is -0.849. The largest absolute Gasteiger partial charge is 0.382 e. The predicted octanol–water partition coefficient (Wildman–Crippen LogP) is 2.19. The summed E-state index contributed by atoms with van der Waals surface area (Å²) in [6.45, 7) is 0. The van der Waals surface area contributed by atoms with Gasteiger partial charge in [0.15, 0.2) is 0 Å². The molecule has 0 fully saturated rings. The Balaban J connectivity index is 2.34. The molecule has 0 saturated carbocycles. The number of hydrogen-bond acceptors (Lipinski definition) is 3. The van der Waals surface area contributed by atoms with Crippen LogP contribution in [0.1, 0.15) is 17.4 Å². The number of aliphatic hydroxyl groups excluding tert-OH is 1. The lowest BCUT2D eigenvalue weighted by molar-refractivity contribution is 0.215. The normalized spacial score (nSPS) is 12.7. The summed E-state index contributed by atoms with van der Waals surface area (Å²) in [4.78, 5) is 0. The van der Waals surface area contributed by atoms with E-state index in [9.17, 15) is 5.11 Å². The van der Waals surface area contributed by atoms with Gasteiger partial charge in [0.25, 0.3) is 0 Å². The first-order valence-corrected chi connectivity index (χ1v) is 4.93. The van der Waals surface area contributed by atoms with Crippen LogP contribution in [0.25, 0.3) is 0 Å². The summed E-state index contributed by atoms with van der Waals surface area (Å²) in [7, 11) is 0. The Bertz CT molecular complexity index is 458. The Labute approximate surface area is 95.8 Å². The van der Waals surface area contributed by atoms with Crippen LogP contribution in [0.4, 0.5) is 0 Å². The maximum absolute atomic E-state index is 9.87. The molecule has 1 unspecified atom stereocenters. The van der Waals surface area contributed by atoms with E-state index in [1.54, 1.807) is 18.2 Å². The molecular weight excluding hydrogens is 237 g/mol. The Morgan fingerprint density at radius 2 is 2.07 bits per heavy atom. The third-order valence-electron chi connectivity index (χ3n) is 1.97. The second-order valence-corrected chi connectivity index (χ2v) is 3.79. The minimum absolute atomic E-state index is 0.400. The molecule has 0 aliphatic rings. The summed E-state index contributed by atoms with van der Waals surface area (Å²) < 4.78 is 0. The first kappa shape index (κ1) is 10.4. The Morgan fingerprint density at radius 3 is 2.67 bits per heavy atom. The molecule has 2 rings (SSSR count). The number of aromatic nitrogens is 3. The first-order valence-electron chi connectivity index (χ1n) is 4.17. The van der Waals surface area contributed by atoms with Crippen LogP contribution in [0.3, 0.4) is 0 Å². The molecular formula is C9H7Cl2N3O. The number of aliphatic hydroxyl groups is 1. The van der Waals surface area contributed by atoms with E-state index in [1.807, 2.05) is 0 Å². The SMILES string of the molecule is OC(c1ccc(Cl)c(Cl)c1)c1cn[nH]n1. The van der Waals surface area contributed by atoms with Gasteiger partial charge in [0.1, 0.15) is 11.8 Å². The average Bonchev–Trinajstić information content (AvgIpc) is 2.74. The van der Waals surface area contributed by atoms with Gasteiger partial charge in [-0.05, 0) is 17.7 Å². The zero-order valence-corrected chi connectivity index (χ0v) is 9.00. The van der Waals surface area contributed by atoms with Crippen molar-refractivity contribution >= 4 is 23.2 Å². The molecule has 0 bridgehead atoms. The highest BCUT2D eigenvalue weighted by atomic mass is 35.5. The van der Waals surface area contributed by atoms with Crippen LogP contribution in [0.5, 0.6) is 0 Å². The minimum Gasteiger partial charge on any atom is -0.382 e. The van der Waals surface area contributed by atoms with E-state index in [0.717, 1.165) is 0 Å². The molecule has 1 aromatic carbocycles. The Morgan fingerprint density at radius 1 is 1.27 bits per heavy atom. The molecule has 0 aliphatic carbocycles. The number of nitrogens with one attached hydrogen (secondary N) is 1. The predicted molar refractivity (Wildman–Crippen MR) is 56.9 cm³/mol. The van der Waals surface area contributed by atoms with Crippen molar-refractivity contribution in [1.82, 2.24) is 15.4 Å². The second kappa shape index (κ2) is 4.18. The van der Waals surface area contributed by atoms with Gasteiger partial charge in [0, 0.05) is 0 Å². The third-order valence-corrected chi connectivity index (χ3v) is 2.71. The molecule has 2 N–H and O–H groups in total. The van der Waals surface area contributed by atoms with Crippen molar-refractivity contribution < 1.29 is 5.11 Å². The first-order chi connectivity index (χ1) is 7.18. The third kappa shape index (κ3) is 2.12. The zero-order chi connectivity index (χ0) is 10.8.